The van der Waals surface area contributed by atoms with E-state index >= 15 is 0 Å². The normalized spacial score (nSPS) is 13.3. The average molecular weight is 1380 g/mol. The van der Waals surface area contributed by atoms with Crippen molar-refractivity contribution in [1.82, 2.24) is 33.6 Å². The van der Waals surface area contributed by atoms with Gasteiger partial charge in [-0.05, 0) is 169 Å². The van der Waals surface area contributed by atoms with Crippen LogP contribution >= 0.6 is 46.4 Å². The summed E-state index contributed by atoms with van der Waals surface area (Å²) in [6.07, 6.45) is 0. The molecule has 1 aliphatic heterocycles. The predicted molar refractivity (Wildman–Crippen MR) is 416 cm³/mol. The van der Waals surface area contributed by atoms with Gasteiger partial charge in [0.05, 0.1) is 55.7 Å². The Morgan fingerprint density at radius 1 is 0.270 bits per heavy atom. The number of benzene rings is 12. The molecule has 484 valence electrons. The molecule has 14 heteroatoms. The zero-order valence-electron chi connectivity index (χ0n) is 54.9. The molecule has 5 aromatic heterocycles. The summed E-state index contributed by atoms with van der Waals surface area (Å²) in [5.41, 5.74) is 21.4. The fourth-order valence-corrected chi connectivity index (χ4v) is 14.5. The topological polar surface area (TPSA) is 84.8 Å². The third-order valence-corrected chi connectivity index (χ3v) is 19.9. The lowest BCUT2D eigenvalue weighted by molar-refractivity contribution is 0.00578. The Balaban J connectivity index is 0.000000152. The number of hydrogen-bond acceptors (Lipinski definition) is 6. The van der Waals surface area contributed by atoms with E-state index in [1.54, 1.807) is 0 Å². The van der Waals surface area contributed by atoms with Crippen molar-refractivity contribution in [3.05, 3.63) is 324 Å². The Labute approximate surface area is 599 Å². The van der Waals surface area contributed by atoms with Crippen molar-refractivity contribution in [1.29, 1.82) is 0 Å². The van der Waals surface area contributed by atoms with Gasteiger partial charge in [-0.2, -0.15) is 0 Å². The maximum atomic E-state index is 6.58. The lowest BCUT2D eigenvalue weighted by atomic mass is 9.78. The highest BCUT2D eigenvalue weighted by Crippen LogP contribution is 2.40. The number of rotatable bonds is 9. The van der Waals surface area contributed by atoms with Crippen LogP contribution in [0, 0.1) is 0 Å². The van der Waals surface area contributed by atoms with Crippen molar-refractivity contribution in [3.8, 4) is 73.0 Å². The largest absolute Gasteiger partial charge is 0.494 e. The molecule has 0 bridgehead atoms. The van der Waals surface area contributed by atoms with E-state index in [0.717, 1.165) is 67.3 Å². The van der Waals surface area contributed by atoms with Gasteiger partial charge in [-0.25, -0.2) is 19.9 Å². The van der Waals surface area contributed by atoms with Gasteiger partial charge in [-0.15, -0.1) is 0 Å². The quantitative estimate of drug-likeness (QED) is 0.0813. The van der Waals surface area contributed by atoms with E-state index in [0.29, 0.717) is 0 Å². The van der Waals surface area contributed by atoms with Gasteiger partial charge in [0.25, 0.3) is 0 Å². The Kier molecular flexibility index (Phi) is 17.0. The molecule has 0 aliphatic carbocycles. The summed E-state index contributed by atoms with van der Waals surface area (Å²) in [6.45, 7) is 8.34. The molecule has 1 saturated heterocycles. The van der Waals surface area contributed by atoms with E-state index in [1.807, 2.05) is 6.07 Å². The summed E-state index contributed by atoms with van der Waals surface area (Å²) < 4.78 is 19.5. The molecule has 0 amide bonds. The maximum absolute atomic E-state index is 6.58. The molecule has 0 spiro atoms. The van der Waals surface area contributed by atoms with E-state index in [-0.39, 0.29) is 39.2 Å². The Morgan fingerprint density at radius 3 is 0.840 bits per heavy atom. The first-order chi connectivity index (χ1) is 48.7. The average Bonchev–Trinajstić information content (AvgIpc) is 1.61. The minimum absolute atomic E-state index is 0.0625. The van der Waals surface area contributed by atoms with E-state index in [4.69, 9.17) is 55.7 Å². The maximum Gasteiger partial charge on any atom is 0.494 e. The van der Waals surface area contributed by atoms with Crippen molar-refractivity contribution in [3.63, 3.8) is 0 Å². The zero-order valence-corrected chi connectivity index (χ0v) is 57.9. The van der Waals surface area contributed by atoms with Gasteiger partial charge >= 0.3 is 7.12 Å². The van der Waals surface area contributed by atoms with Crippen molar-refractivity contribution in [2.24, 2.45) is 0 Å². The predicted octanol–water partition coefficient (Wildman–Crippen LogP) is 23.2. The molecule has 18 rings (SSSR count). The second kappa shape index (κ2) is 26.5. The first-order valence-corrected chi connectivity index (χ1v) is 34.5. The van der Waals surface area contributed by atoms with Crippen LogP contribution in [0.4, 0.5) is 0 Å². The summed E-state index contributed by atoms with van der Waals surface area (Å²) in [5, 5.41) is 8.34. The fourth-order valence-electron chi connectivity index (χ4n) is 13.6. The van der Waals surface area contributed by atoms with Gasteiger partial charge in [-0.1, -0.05) is 242 Å². The van der Waals surface area contributed by atoms with Gasteiger partial charge in [0, 0.05) is 66.6 Å². The van der Waals surface area contributed by atoms with Crippen molar-refractivity contribution in [2.45, 2.75) is 38.9 Å². The Hall–Kier alpha value is -10.7. The molecule has 6 heterocycles. The summed E-state index contributed by atoms with van der Waals surface area (Å²) in [7, 11) is -0.344. The lowest BCUT2D eigenvalue weighted by Gasteiger charge is -2.32. The van der Waals surface area contributed by atoms with Crippen molar-refractivity contribution >= 4 is 124 Å². The van der Waals surface area contributed by atoms with Gasteiger partial charge in [-0.3, -0.25) is 0 Å². The summed E-state index contributed by atoms with van der Waals surface area (Å²) >= 11 is 22.8. The Bertz CT molecular complexity index is 5500. The molecule has 0 radical (unpaired) electrons. The number of nitrogens with zero attached hydrogens (tertiary/aromatic N) is 7. The highest BCUT2D eigenvalue weighted by Gasteiger charge is 2.51. The van der Waals surface area contributed by atoms with Crippen LogP contribution in [-0.4, -0.2) is 52.0 Å². The minimum atomic E-state index is -0.344. The molecule has 1 fully saturated rings. The third-order valence-electron chi connectivity index (χ3n) is 19.2. The highest BCUT2D eigenvalue weighted by molar-refractivity contribution is 6.62. The molecule has 0 N–H and O–H groups in total. The van der Waals surface area contributed by atoms with Gasteiger partial charge in [0.15, 0.2) is 0 Å². The summed E-state index contributed by atoms with van der Waals surface area (Å²) in [4.78, 5) is 16.4. The zero-order chi connectivity index (χ0) is 68.2. The first kappa shape index (κ1) is 64.0. The molecular formula is C86H62BCl4N7O2. The van der Waals surface area contributed by atoms with Crippen LogP contribution in [0.1, 0.15) is 27.7 Å². The monoisotopic (exact) mass is 1380 g/mol. The van der Waals surface area contributed by atoms with E-state index < -0.39 is 0 Å². The van der Waals surface area contributed by atoms with Crippen LogP contribution in [0.5, 0.6) is 0 Å². The SMILES string of the molecule is CC1(C)OB(c2ccc(-c3cccc(-n4c5ccccc5c5ccccc54)c3)cc2)OC1(C)C.Clc1cc(Cl)nc(Cl)n1.Clc1nc(-c2ccc(-c3cccc(-n4c5ccccc5c5ccccc54)c3)cc2)cc(-c2ccc(-c3cccc(-n4c5ccccc5c5ccccc54)c3)cc2)n1. The molecule has 0 unspecified atom stereocenters. The molecule has 17 aromatic rings. The van der Waals surface area contributed by atoms with Crippen LogP contribution in [-0.2, 0) is 9.31 Å². The van der Waals surface area contributed by atoms with E-state index in [9.17, 15) is 0 Å². The molecule has 0 atom stereocenters. The fraction of sp³-hybridized carbons (Fsp3) is 0.0698. The molecule has 1 aliphatic rings. The summed E-state index contributed by atoms with van der Waals surface area (Å²) in [6, 6.07) is 107. The smallest absolute Gasteiger partial charge is 0.399 e. The van der Waals surface area contributed by atoms with Crippen LogP contribution in [0.2, 0.25) is 20.9 Å². The van der Waals surface area contributed by atoms with Crippen LogP contribution in [0.3, 0.4) is 0 Å². The summed E-state index contributed by atoms with van der Waals surface area (Å²) in [5.74, 6) is 0. The number of aromatic nitrogens is 7. The highest BCUT2D eigenvalue weighted by atomic mass is 35.5. The number of fused-ring (bicyclic) bond motifs is 9. The molecule has 12 aromatic carbocycles. The van der Waals surface area contributed by atoms with Crippen LogP contribution < -0.4 is 5.46 Å². The second-order valence-electron chi connectivity index (χ2n) is 25.8. The number of hydrogen-bond donors (Lipinski definition) is 0. The first-order valence-electron chi connectivity index (χ1n) is 33.0. The molecule has 100 heavy (non-hydrogen) atoms. The van der Waals surface area contributed by atoms with Gasteiger partial charge < -0.3 is 23.0 Å². The molecular weight excluding hydrogens is 1320 g/mol. The third kappa shape index (κ3) is 12.3. The van der Waals surface area contributed by atoms with Crippen molar-refractivity contribution < 1.29 is 9.31 Å². The van der Waals surface area contributed by atoms with E-state index in [1.165, 1.54) is 82.6 Å². The van der Waals surface area contributed by atoms with Gasteiger partial charge in [0.1, 0.15) is 10.3 Å². The number of para-hydroxylation sites is 6. The minimum Gasteiger partial charge on any atom is -0.399 e. The Morgan fingerprint density at radius 2 is 0.540 bits per heavy atom. The molecule has 0 saturated carbocycles. The van der Waals surface area contributed by atoms with Crippen molar-refractivity contribution in [2.75, 3.05) is 0 Å². The number of halogens is 4. The van der Waals surface area contributed by atoms with Gasteiger partial charge in [0.2, 0.25) is 10.6 Å². The van der Waals surface area contributed by atoms with Crippen LogP contribution in [0.25, 0.3) is 138 Å². The lowest BCUT2D eigenvalue weighted by Crippen LogP contribution is -2.41. The second-order valence-corrected chi connectivity index (χ2v) is 27.3. The standard InChI is InChI=1S/C52H33ClN4.C30H28BNO2.C4HCl3N2/c53-52-54-46(36-27-23-34(24-28-36)38-11-9-13-40(31-38)56-48-19-5-1-15-42(48)43-16-2-6-20-49(43)56)33-47(55-52)37-29-25-35(26-30-37)39-12-10-14-41(32-39)57-50-21-7-3-17-44(50)45-18-4-8-22-51(45)57;1-29(2)30(3,4)34-31(33-29)23-18-16-21(17-19-23)22-10-9-11-24(20-22)32-27-14-7-5-12-25(27)26-13-6-8-15-28(26)32;5-2-1-3(6)9-4(7)8-2/h1-33H;5-20H,1-4H3;1H. The van der Waals surface area contributed by atoms with E-state index in [2.05, 4.69) is 353 Å². The molecule has 9 nitrogen and oxygen atoms in total. The van der Waals surface area contributed by atoms with Crippen LogP contribution in [0.15, 0.2) is 303 Å².